The van der Waals surface area contributed by atoms with Crippen LogP contribution in [-0.4, -0.2) is 15.9 Å². The zero-order valence-electron chi connectivity index (χ0n) is 15.5. The van der Waals surface area contributed by atoms with Crippen molar-refractivity contribution < 1.29 is 4.39 Å². The Hall–Kier alpha value is -2.21. The first-order valence-corrected chi connectivity index (χ1v) is 9.86. The van der Waals surface area contributed by atoms with Gasteiger partial charge in [0, 0.05) is 28.9 Å². The largest absolute Gasteiger partial charge is 0.366 e. The summed E-state index contributed by atoms with van der Waals surface area (Å²) >= 11 is 1.57. The lowest BCUT2D eigenvalue weighted by atomic mass is 10.2. The molecule has 0 saturated carbocycles. The van der Waals surface area contributed by atoms with Crippen LogP contribution in [0, 0.1) is 12.7 Å². The Morgan fingerprint density at radius 1 is 1.23 bits per heavy atom. The predicted octanol–water partition coefficient (Wildman–Crippen LogP) is 4.57. The number of unbranched alkanes of at least 4 members (excludes halogenated alkanes) is 1. The first kappa shape index (κ1) is 18.6. The van der Waals surface area contributed by atoms with Crippen LogP contribution in [0.1, 0.15) is 43.0 Å². The normalized spacial score (nSPS) is 11.2. The first-order chi connectivity index (χ1) is 12.5. The van der Waals surface area contributed by atoms with Gasteiger partial charge in [0.05, 0.1) is 12.2 Å². The molecule has 0 unspecified atom stereocenters. The van der Waals surface area contributed by atoms with Crippen molar-refractivity contribution in [1.82, 2.24) is 9.38 Å². The van der Waals surface area contributed by atoms with Gasteiger partial charge in [-0.05, 0) is 51.0 Å². The van der Waals surface area contributed by atoms with Crippen LogP contribution < -0.4 is 10.5 Å². The van der Waals surface area contributed by atoms with Crippen molar-refractivity contribution in [3.8, 4) is 0 Å². The smallest absolute Gasteiger partial charge is 0.259 e. The summed E-state index contributed by atoms with van der Waals surface area (Å²) in [6.45, 7) is 7.51. The Morgan fingerprint density at radius 2 is 1.96 bits per heavy atom. The maximum atomic E-state index is 13.2. The van der Waals surface area contributed by atoms with Crippen molar-refractivity contribution in [2.45, 2.75) is 46.6 Å². The van der Waals surface area contributed by atoms with E-state index in [0.717, 1.165) is 52.7 Å². The standard InChI is InChI=1S/C20H24FN3OS/c1-4-6-7-18-14(3)26-20-22-16(12-19(25)24(18)20)13-23(5-2)17-10-8-15(21)9-11-17/h8-12H,4-7,13H2,1-3H3. The molecule has 1 aromatic carbocycles. The highest BCUT2D eigenvalue weighted by molar-refractivity contribution is 7.17. The molecule has 2 heterocycles. The van der Waals surface area contributed by atoms with E-state index in [4.69, 9.17) is 4.98 Å². The second-order valence-corrected chi connectivity index (χ2v) is 7.58. The summed E-state index contributed by atoms with van der Waals surface area (Å²) in [5.41, 5.74) is 2.73. The van der Waals surface area contributed by atoms with Gasteiger partial charge in [0.25, 0.3) is 5.56 Å². The minimum Gasteiger partial charge on any atom is -0.366 e. The Labute approximate surface area is 156 Å². The lowest BCUT2D eigenvalue weighted by Crippen LogP contribution is -2.25. The monoisotopic (exact) mass is 373 g/mol. The molecule has 0 radical (unpaired) electrons. The number of halogens is 1. The Kier molecular flexibility index (Phi) is 5.71. The topological polar surface area (TPSA) is 37.6 Å². The van der Waals surface area contributed by atoms with Gasteiger partial charge in [-0.1, -0.05) is 13.3 Å². The molecule has 138 valence electrons. The second-order valence-electron chi connectivity index (χ2n) is 6.40. The average molecular weight is 373 g/mol. The summed E-state index contributed by atoms with van der Waals surface area (Å²) in [5.74, 6) is -0.253. The van der Waals surface area contributed by atoms with Crippen molar-refractivity contribution in [2.24, 2.45) is 0 Å². The fourth-order valence-corrected chi connectivity index (χ4v) is 4.16. The second kappa shape index (κ2) is 7.99. The van der Waals surface area contributed by atoms with Gasteiger partial charge in [-0.3, -0.25) is 9.20 Å². The molecule has 0 atom stereocenters. The van der Waals surface area contributed by atoms with Crippen LogP contribution >= 0.6 is 11.3 Å². The van der Waals surface area contributed by atoms with Gasteiger partial charge < -0.3 is 4.90 Å². The van der Waals surface area contributed by atoms with Crippen molar-refractivity contribution >= 4 is 22.0 Å². The third-order valence-electron chi connectivity index (χ3n) is 4.56. The highest BCUT2D eigenvalue weighted by Crippen LogP contribution is 2.22. The molecule has 26 heavy (non-hydrogen) atoms. The van der Waals surface area contributed by atoms with Crippen molar-refractivity contribution in [1.29, 1.82) is 0 Å². The number of fused-ring (bicyclic) bond motifs is 1. The Bertz CT molecular complexity index is 946. The van der Waals surface area contributed by atoms with E-state index in [1.165, 1.54) is 12.1 Å². The molecule has 2 aromatic heterocycles. The molecule has 0 fully saturated rings. The molecule has 0 aliphatic heterocycles. The number of anilines is 1. The number of hydrogen-bond donors (Lipinski definition) is 0. The molecule has 3 aromatic rings. The van der Waals surface area contributed by atoms with Gasteiger partial charge >= 0.3 is 0 Å². The fourth-order valence-electron chi connectivity index (χ4n) is 3.12. The summed E-state index contributed by atoms with van der Waals surface area (Å²) in [6, 6.07) is 8.03. The maximum absolute atomic E-state index is 13.2. The van der Waals surface area contributed by atoms with Crippen LogP contribution in [-0.2, 0) is 13.0 Å². The highest BCUT2D eigenvalue weighted by Gasteiger charge is 2.14. The number of nitrogens with zero attached hydrogens (tertiary/aromatic N) is 3. The lowest BCUT2D eigenvalue weighted by Gasteiger charge is -2.22. The maximum Gasteiger partial charge on any atom is 0.259 e. The van der Waals surface area contributed by atoms with Crippen LogP contribution in [0.5, 0.6) is 0 Å². The van der Waals surface area contributed by atoms with Gasteiger partial charge in [0.2, 0.25) is 0 Å². The van der Waals surface area contributed by atoms with Crippen LogP contribution in [0.25, 0.3) is 4.96 Å². The van der Waals surface area contributed by atoms with Gasteiger partial charge in [0.1, 0.15) is 5.82 Å². The van der Waals surface area contributed by atoms with Gasteiger partial charge in [-0.25, -0.2) is 9.37 Å². The minimum atomic E-state index is -0.253. The number of thiazole rings is 1. The van der Waals surface area contributed by atoms with E-state index in [0.29, 0.717) is 6.54 Å². The quantitative estimate of drug-likeness (QED) is 0.609. The first-order valence-electron chi connectivity index (χ1n) is 9.05. The lowest BCUT2D eigenvalue weighted by molar-refractivity contribution is 0.627. The predicted molar refractivity (Wildman–Crippen MR) is 106 cm³/mol. The summed E-state index contributed by atoms with van der Waals surface area (Å²) in [5, 5.41) is 0. The SMILES string of the molecule is CCCCc1c(C)sc2nc(CN(CC)c3ccc(F)cc3)cc(=O)n12. The molecule has 0 spiro atoms. The molecular weight excluding hydrogens is 349 g/mol. The van der Waals surface area contributed by atoms with Gasteiger partial charge in [0.15, 0.2) is 4.96 Å². The molecule has 0 saturated heterocycles. The number of hydrogen-bond acceptors (Lipinski definition) is 4. The molecule has 0 bridgehead atoms. The molecule has 3 rings (SSSR count). The van der Waals surface area contributed by atoms with Crippen LogP contribution in [0.15, 0.2) is 35.1 Å². The van der Waals surface area contributed by atoms with E-state index in [-0.39, 0.29) is 11.4 Å². The fraction of sp³-hybridized carbons (Fsp3) is 0.400. The summed E-state index contributed by atoms with van der Waals surface area (Å²) in [4.78, 5) is 21.4. The van der Waals surface area contributed by atoms with E-state index >= 15 is 0 Å². The zero-order valence-corrected chi connectivity index (χ0v) is 16.3. The third-order valence-corrected chi connectivity index (χ3v) is 5.55. The molecule has 4 nitrogen and oxygen atoms in total. The van der Waals surface area contributed by atoms with E-state index in [1.807, 2.05) is 6.92 Å². The van der Waals surface area contributed by atoms with Crippen molar-refractivity contribution in [3.63, 3.8) is 0 Å². The molecule has 0 amide bonds. The molecule has 0 aliphatic rings. The summed E-state index contributed by atoms with van der Waals surface area (Å²) in [6.07, 6.45) is 3.06. The summed E-state index contributed by atoms with van der Waals surface area (Å²) < 4.78 is 14.9. The van der Waals surface area contributed by atoms with Crippen LogP contribution in [0.4, 0.5) is 10.1 Å². The van der Waals surface area contributed by atoms with E-state index in [1.54, 1.807) is 33.9 Å². The number of benzene rings is 1. The van der Waals surface area contributed by atoms with Gasteiger partial charge in [-0.2, -0.15) is 0 Å². The molecular formula is C20H24FN3OS. The van der Waals surface area contributed by atoms with Crippen molar-refractivity contribution in [3.05, 3.63) is 62.8 Å². The molecule has 0 aliphatic carbocycles. The number of aryl methyl sites for hydroxylation is 2. The van der Waals surface area contributed by atoms with Crippen LogP contribution in [0.2, 0.25) is 0 Å². The Morgan fingerprint density at radius 3 is 2.62 bits per heavy atom. The van der Waals surface area contributed by atoms with Crippen LogP contribution in [0.3, 0.4) is 0 Å². The molecule has 6 heteroatoms. The van der Waals surface area contributed by atoms with Gasteiger partial charge in [-0.15, -0.1) is 11.3 Å². The van der Waals surface area contributed by atoms with E-state index in [9.17, 15) is 9.18 Å². The summed E-state index contributed by atoms with van der Waals surface area (Å²) in [7, 11) is 0. The third kappa shape index (κ3) is 3.80. The average Bonchev–Trinajstić information content (AvgIpc) is 2.94. The number of rotatable bonds is 7. The number of aromatic nitrogens is 2. The zero-order chi connectivity index (χ0) is 18.7. The Balaban J connectivity index is 1.93. The van der Waals surface area contributed by atoms with E-state index < -0.39 is 0 Å². The highest BCUT2D eigenvalue weighted by atomic mass is 32.1. The van der Waals surface area contributed by atoms with E-state index in [2.05, 4.69) is 18.7 Å². The minimum absolute atomic E-state index is 0.0180. The molecule has 0 N–H and O–H groups in total. The van der Waals surface area contributed by atoms with Crippen molar-refractivity contribution in [2.75, 3.05) is 11.4 Å².